The molecule has 0 aliphatic carbocycles. The fraction of sp³-hybridized carbons (Fsp3) is 0.125. The van der Waals surface area contributed by atoms with Crippen molar-refractivity contribution < 1.29 is 28.9 Å². The molecule has 0 radical (unpaired) electrons. The molecule has 0 bridgehead atoms. The number of carboxylic acids is 1. The number of rotatable bonds is 8. The van der Waals surface area contributed by atoms with Crippen LogP contribution in [0, 0.1) is 0 Å². The van der Waals surface area contributed by atoms with Crippen LogP contribution in [0.25, 0.3) is 0 Å². The maximum absolute atomic E-state index is 11.7. The van der Waals surface area contributed by atoms with E-state index in [4.69, 9.17) is 30.9 Å². The normalized spacial score (nSPS) is 10.7. The van der Waals surface area contributed by atoms with Gasteiger partial charge in [-0.15, -0.1) is 0 Å². The van der Waals surface area contributed by atoms with Crippen LogP contribution in [0.2, 0.25) is 5.02 Å². The van der Waals surface area contributed by atoms with Gasteiger partial charge in [0.1, 0.15) is 6.61 Å². The highest BCUT2D eigenvalue weighted by Crippen LogP contribution is 2.30. The van der Waals surface area contributed by atoms with Gasteiger partial charge < -0.3 is 19.3 Å². The second-order valence-corrected chi connectivity index (χ2v) is 7.02. The lowest BCUT2D eigenvalue weighted by molar-refractivity contribution is 0.0600. The molecule has 0 aliphatic rings. The minimum absolute atomic E-state index is 0.215. The Morgan fingerprint density at radius 3 is 2.34 bits per heavy atom. The van der Waals surface area contributed by atoms with E-state index in [1.165, 1.54) is 26.4 Å². The molecule has 0 heterocycles. The number of halogens is 1. The van der Waals surface area contributed by atoms with Crippen molar-refractivity contribution >= 4 is 35.4 Å². The topological polar surface area (TPSA) is 94.4 Å². The first-order valence-electron chi connectivity index (χ1n) is 9.46. The summed E-state index contributed by atoms with van der Waals surface area (Å²) in [4.78, 5) is 27.0. The molecule has 32 heavy (non-hydrogen) atoms. The van der Waals surface area contributed by atoms with Gasteiger partial charge in [-0.2, -0.15) is 0 Å². The highest BCUT2D eigenvalue weighted by molar-refractivity contribution is 6.33. The summed E-state index contributed by atoms with van der Waals surface area (Å²) >= 11 is 6.18. The van der Waals surface area contributed by atoms with Crippen molar-refractivity contribution in [3.63, 3.8) is 0 Å². The number of hydrogen-bond donors (Lipinski definition) is 1. The molecule has 3 aromatic rings. The van der Waals surface area contributed by atoms with Gasteiger partial charge in [0.15, 0.2) is 11.5 Å². The first kappa shape index (κ1) is 22.8. The number of benzene rings is 3. The smallest absolute Gasteiger partial charge is 0.337 e. The van der Waals surface area contributed by atoms with Crippen molar-refractivity contribution in [2.45, 2.75) is 6.61 Å². The van der Waals surface area contributed by atoms with Gasteiger partial charge in [-0.25, -0.2) is 9.59 Å². The number of hydrogen-bond acceptors (Lipinski definition) is 6. The Balaban J connectivity index is 1.74. The van der Waals surface area contributed by atoms with Gasteiger partial charge in [0, 0.05) is 6.21 Å². The molecule has 0 fully saturated rings. The Hall–Kier alpha value is -3.84. The Morgan fingerprint density at radius 2 is 1.69 bits per heavy atom. The summed E-state index contributed by atoms with van der Waals surface area (Å²) in [6, 6.07) is 16.5. The minimum Gasteiger partial charge on any atom is -0.493 e. The Bertz CT molecular complexity index is 1160. The predicted molar refractivity (Wildman–Crippen MR) is 121 cm³/mol. The Kier molecular flexibility index (Phi) is 7.46. The summed E-state index contributed by atoms with van der Waals surface area (Å²) in [5.74, 6) is -0.420. The van der Waals surface area contributed by atoms with Crippen LogP contribution in [0.15, 0.2) is 65.7 Å². The minimum atomic E-state index is -0.977. The van der Waals surface area contributed by atoms with E-state index in [9.17, 15) is 9.59 Å². The van der Waals surface area contributed by atoms with E-state index < -0.39 is 11.9 Å². The first-order valence-corrected chi connectivity index (χ1v) is 9.84. The predicted octanol–water partition coefficient (Wildman–Crippen LogP) is 5.16. The molecular weight excluding hydrogens is 434 g/mol. The maximum atomic E-state index is 11.7. The third-order valence-electron chi connectivity index (χ3n) is 4.50. The quantitative estimate of drug-likeness (QED) is 0.374. The fourth-order valence-corrected chi connectivity index (χ4v) is 2.96. The molecule has 0 atom stereocenters. The SMILES string of the molecule is COC(=O)c1ccc(Cl)c(N=Cc2ccc(OCc3ccc(C(=O)O)cc3)c(OC)c2)c1. The molecule has 3 rings (SSSR count). The largest absolute Gasteiger partial charge is 0.493 e. The Morgan fingerprint density at radius 1 is 0.969 bits per heavy atom. The van der Waals surface area contributed by atoms with Gasteiger partial charge in [-0.1, -0.05) is 23.7 Å². The van der Waals surface area contributed by atoms with Crippen LogP contribution in [0.1, 0.15) is 31.8 Å². The zero-order valence-corrected chi connectivity index (χ0v) is 18.1. The number of aliphatic imine (C=N–C) groups is 1. The van der Waals surface area contributed by atoms with E-state index in [0.717, 1.165) is 11.1 Å². The van der Waals surface area contributed by atoms with Crippen LogP contribution in [-0.4, -0.2) is 37.5 Å². The maximum Gasteiger partial charge on any atom is 0.337 e. The van der Waals surface area contributed by atoms with Crippen molar-refractivity contribution in [1.29, 1.82) is 0 Å². The molecule has 0 spiro atoms. The van der Waals surface area contributed by atoms with Gasteiger partial charge in [-0.05, 0) is 59.7 Å². The van der Waals surface area contributed by atoms with E-state index in [1.54, 1.807) is 54.7 Å². The average Bonchev–Trinajstić information content (AvgIpc) is 2.82. The summed E-state index contributed by atoms with van der Waals surface area (Å²) in [5, 5.41) is 9.37. The molecule has 0 aliphatic heterocycles. The van der Waals surface area contributed by atoms with Crippen LogP contribution >= 0.6 is 11.6 Å². The molecule has 8 heteroatoms. The second kappa shape index (κ2) is 10.5. The van der Waals surface area contributed by atoms with Crippen LogP contribution in [0.4, 0.5) is 5.69 Å². The summed E-state index contributed by atoms with van der Waals surface area (Å²) in [6.07, 6.45) is 1.60. The number of aromatic carboxylic acids is 1. The molecule has 164 valence electrons. The van der Waals surface area contributed by atoms with Crippen LogP contribution in [0.3, 0.4) is 0 Å². The van der Waals surface area contributed by atoms with Gasteiger partial charge in [0.2, 0.25) is 0 Å². The number of esters is 1. The third kappa shape index (κ3) is 5.65. The highest BCUT2D eigenvalue weighted by Gasteiger charge is 2.09. The molecule has 0 amide bonds. The van der Waals surface area contributed by atoms with E-state index in [-0.39, 0.29) is 12.2 Å². The van der Waals surface area contributed by atoms with Crippen molar-refractivity contribution in [2.75, 3.05) is 14.2 Å². The van der Waals surface area contributed by atoms with Crippen molar-refractivity contribution in [2.24, 2.45) is 4.99 Å². The highest BCUT2D eigenvalue weighted by atomic mass is 35.5. The average molecular weight is 454 g/mol. The van der Waals surface area contributed by atoms with Gasteiger partial charge in [0.25, 0.3) is 0 Å². The summed E-state index contributed by atoms with van der Waals surface area (Å²) < 4.78 is 15.9. The summed E-state index contributed by atoms with van der Waals surface area (Å²) in [5.41, 5.74) is 2.55. The van der Waals surface area contributed by atoms with Crippen LogP contribution in [0.5, 0.6) is 11.5 Å². The van der Waals surface area contributed by atoms with E-state index in [2.05, 4.69) is 4.99 Å². The standard InChI is InChI=1S/C24H20ClNO6/c1-30-22-11-16(13-26-20-12-18(24(29)31-2)8-9-19(20)25)5-10-21(22)32-14-15-3-6-17(7-4-15)23(27)28/h3-13H,14H2,1-2H3,(H,27,28). The molecule has 0 unspecified atom stereocenters. The molecule has 7 nitrogen and oxygen atoms in total. The number of ether oxygens (including phenoxy) is 3. The van der Waals surface area contributed by atoms with Gasteiger partial charge >= 0.3 is 11.9 Å². The summed E-state index contributed by atoms with van der Waals surface area (Å²) in [7, 11) is 2.84. The number of carbonyl (C=O) groups excluding carboxylic acids is 1. The monoisotopic (exact) mass is 453 g/mol. The lowest BCUT2D eigenvalue weighted by Gasteiger charge is -2.11. The Labute approximate surface area is 189 Å². The zero-order chi connectivity index (χ0) is 23.1. The summed E-state index contributed by atoms with van der Waals surface area (Å²) in [6.45, 7) is 0.250. The molecule has 0 aromatic heterocycles. The number of carboxylic acid groups (broad SMARTS) is 1. The molecule has 3 aromatic carbocycles. The van der Waals surface area contributed by atoms with E-state index >= 15 is 0 Å². The van der Waals surface area contributed by atoms with E-state index in [1.807, 2.05) is 0 Å². The van der Waals surface area contributed by atoms with Crippen LogP contribution < -0.4 is 9.47 Å². The zero-order valence-electron chi connectivity index (χ0n) is 17.4. The fourth-order valence-electron chi connectivity index (χ4n) is 2.79. The van der Waals surface area contributed by atoms with Crippen molar-refractivity contribution in [3.8, 4) is 11.5 Å². The lowest BCUT2D eigenvalue weighted by Crippen LogP contribution is -2.00. The van der Waals surface area contributed by atoms with Gasteiger partial charge in [-0.3, -0.25) is 4.99 Å². The number of methoxy groups -OCH3 is 2. The number of nitrogens with zero attached hydrogens (tertiary/aromatic N) is 1. The second-order valence-electron chi connectivity index (χ2n) is 6.62. The molecule has 0 saturated heterocycles. The van der Waals surface area contributed by atoms with E-state index in [0.29, 0.717) is 27.8 Å². The molecule has 1 N–H and O–H groups in total. The lowest BCUT2D eigenvalue weighted by atomic mass is 10.1. The molecule has 0 saturated carbocycles. The number of carbonyl (C=O) groups is 2. The van der Waals surface area contributed by atoms with Crippen molar-refractivity contribution in [1.82, 2.24) is 0 Å². The first-order chi connectivity index (χ1) is 15.4. The van der Waals surface area contributed by atoms with Crippen LogP contribution in [-0.2, 0) is 11.3 Å². The third-order valence-corrected chi connectivity index (χ3v) is 4.82. The van der Waals surface area contributed by atoms with Gasteiger partial charge in [0.05, 0.1) is 36.1 Å². The van der Waals surface area contributed by atoms with Crippen molar-refractivity contribution in [3.05, 3.63) is 87.9 Å². The molecular formula is C24H20ClNO6.